The topological polar surface area (TPSA) is 19.4 Å². The maximum Gasteiger partial charge on any atom is 0.212 e. The third-order valence-electron chi connectivity index (χ3n) is 18.4. The number of nitrogens with zero attached hydrogens (tertiary/aromatic N) is 5. The Labute approximate surface area is 629 Å². The zero-order chi connectivity index (χ0) is 76.9. The Kier molecular flexibility index (Phi) is 29.1. The van der Waals surface area contributed by atoms with Gasteiger partial charge in [0.1, 0.15) is 35.2 Å². The van der Waals surface area contributed by atoms with Gasteiger partial charge in [-0.2, -0.15) is 0 Å². The average molecular weight is 1370 g/mol. The molecule has 0 bridgehead atoms. The van der Waals surface area contributed by atoms with Crippen LogP contribution in [0.25, 0.3) is 56.3 Å². The summed E-state index contributed by atoms with van der Waals surface area (Å²) in [6.07, 6.45) is 11.1. The number of aryl methyl sites for hydroxylation is 16. The SMILES string of the molecule is C.C.C.C.C.Cc1ccc(-c2ccc(C(C)(C)C)c[n+]2C)c(C)c1.Cc1ccccc1-c1cc(C)c(C(C)(C)C)c[n+]1C.Cc1ccccc1-c1cc(C)c(C(C)(C)C)c[n+]1C.[2H]C([2H])([2H])c1ccc(-c2cc(C)c(C(C)(C)C)c[n+]2C)c(C)c1.[2H]C([2H])([2H])c1ccc(-c2ccc(C(C)(C)C)c[n+]2C)c(C)c1. The molecular weight excluding hydrogens is 1220 g/mol. The first kappa shape index (κ1) is 80.2. The summed E-state index contributed by atoms with van der Waals surface area (Å²) in [7, 11) is 10.5. The van der Waals surface area contributed by atoms with E-state index in [1.807, 2.05) is 40.1 Å². The van der Waals surface area contributed by atoms with Crippen molar-refractivity contribution in [2.45, 2.75) is 244 Å². The monoisotopic (exact) mass is 1370 g/mol. The maximum absolute atomic E-state index is 7.55. The molecule has 5 nitrogen and oxygen atoms in total. The lowest BCUT2D eigenvalue weighted by atomic mass is 9.84. The van der Waals surface area contributed by atoms with Crippen molar-refractivity contribution >= 4 is 0 Å². The second-order valence-electron chi connectivity index (χ2n) is 32.2. The molecule has 101 heavy (non-hydrogen) atoms. The van der Waals surface area contributed by atoms with E-state index < -0.39 is 13.7 Å². The second-order valence-corrected chi connectivity index (χ2v) is 32.2. The van der Waals surface area contributed by atoms with Crippen LogP contribution in [0.15, 0.2) is 177 Å². The number of aromatic nitrogens is 5. The zero-order valence-electron chi connectivity index (χ0n) is 70.5. The zero-order valence-corrected chi connectivity index (χ0v) is 64.5. The highest BCUT2D eigenvalue weighted by Crippen LogP contribution is 2.33. The van der Waals surface area contributed by atoms with Gasteiger partial charge in [-0.3, -0.25) is 0 Å². The molecule has 5 heteroatoms. The molecule has 5 heterocycles. The predicted octanol–water partition coefficient (Wildman–Crippen LogP) is 24.0. The first-order chi connectivity index (χ1) is 46.8. The van der Waals surface area contributed by atoms with E-state index in [4.69, 9.17) is 8.22 Å². The summed E-state index contributed by atoms with van der Waals surface area (Å²) in [5, 5.41) is 0. The molecule has 0 atom stereocenters. The summed E-state index contributed by atoms with van der Waals surface area (Å²) in [5.74, 6) is 0. The van der Waals surface area contributed by atoms with Crippen molar-refractivity contribution in [2.75, 3.05) is 0 Å². The van der Waals surface area contributed by atoms with Crippen LogP contribution in [0.1, 0.15) is 238 Å². The molecule has 0 N–H and O–H groups in total. The highest BCUT2D eigenvalue weighted by molar-refractivity contribution is 5.66. The fraction of sp³-hybridized carbons (Fsp3) is 0.427. The van der Waals surface area contributed by atoms with Gasteiger partial charge in [-0.1, -0.05) is 230 Å². The van der Waals surface area contributed by atoms with Crippen LogP contribution in [0, 0.1) is 76.0 Å². The molecule has 546 valence electrons. The number of pyridine rings is 5. The lowest BCUT2D eigenvalue weighted by Gasteiger charge is -2.20. The highest BCUT2D eigenvalue weighted by Gasteiger charge is 2.27. The summed E-state index contributed by atoms with van der Waals surface area (Å²) in [6, 6.07) is 50.1. The molecule has 10 aromatic rings. The van der Waals surface area contributed by atoms with E-state index in [0.717, 1.165) is 33.6 Å². The van der Waals surface area contributed by atoms with Crippen LogP contribution in [-0.4, -0.2) is 0 Å². The Hall–Kier alpha value is -8.15. The van der Waals surface area contributed by atoms with Gasteiger partial charge in [0.05, 0.1) is 0 Å². The molecule has 0 aliphatic carbocycles. The normalized spacial score (nSPS) is 12.2. The van der Waals surface area contributed by atoms with Gasteiger partial charge in [-0.25, -0.2) is 22.8 Å². The van der Waals surface area contributed by atoms with Crippen LogP contribution in [0.4, 0.5) is 0 Å². The lowest BCUT2D eigenvalue weighted by molar-refractivity contribution is -0.661. The molecule has 0 unspecified atom stereocenters. The van der Waals surface area contributed by atoms with Gasteiger partial charge in [0.15, 0.2) is 31.0 Å². The molecule has 10 rings (SSSR count). The van der Waals surface area contributed by atoms with Crippen molar-refractivity contribution in [1.29, 1.82) is 0 Å². The van der Waals surface area contributed by atoms with Gasteiger partial charge in [0.2, 0.25) is 28.5 Å². The molecule has 5 aromatic carbocycles. The minimum Gasteiger partial charge on any atom is -0.201 e. The molecule has 0 saturated heterocycles. The molecule has 0 fully saturated rings. The third kappa shape index (κ3) is 23.7. The van der Waals surface area contributed by atoms with Crippen LogP contribution >= 0.6 is 0 Å². The van der Waals surface area contributed by atoms with Crippen molar-refractivity contribution < 1.29 is 31.1 Å². The van der Waals surface area contributed by atoms with E-state index in [0.29, 0.717) is 11.1 Å². The van der Waals surface area contributed by atoms with Crippen molar-refractivity contribution in [3.63, 3.8) is 0 Å². The predicted molar refractivity (Wildman–Crippen MR) is 445 cm³/mol. The number of rotatable bonds is 5. The molecule has 0 amide bonds. The molecule has 5 aromatic heterocycles. The van der Waals surface area contributed by atoms with Crippen LogP contribution in [0.2, 0.25) is 0 Å². The largest absolute Gasteiger partial charge is 0.212 e. The van der Waals surface area contributed by atoms with E-state index in [1.54, 1.807) is 24.3 Å². The van der Waals surface area contributed by atoms with Crippen molar-refractivity contribution in [2.24, 2.45) is 35.2 Å². The third-order valence-corrected chi connectivity index (χ3v) is 18.4. The summed E-state index contributed by atoms with van der Waals surface area (Å²) in [6.45, 7) is 48.6. The number of hydrogen-bond donors (Lipinski definition) is 0. The van der Waals surface area contributed by atoms with Gasteiger partial charge in [0, 0.05) is 94.2 Å². The van der Waals surface area contributed by atoms with E-state index in [-0.39, 0.29) is 64.2 Å². The molecule has 0 radical (unpaired) electrons. The van der Waals surface area contributed by atoms with Gasteiger partial charge < -0.3 is 0 Å². The van der Waals surface area contributed by atoms with Crippen LogP contribution < -0.4 is 22.8 Å². The van der Waals surface area contributed by atoms with Gasteiger partial charge >= 0.3 is 0 Å². The molecule has 0 aliphatic heterocycles. The smallest absolute Gasteiger partial charge is 0.201 e. The highest BCUT2D eigenvalue weighted by atomic mass is 14.9. The Balaban J connectivity index is 0.000000662. The Morgan fingerprint density at radius 2 is 0.485 bits per heavy atom. The fourth-order valence-corrected chi connectivity index (χ4v) is 12.8. The Bertz CT molecular complexity index is 4430. The van der Waals surface area contributed by atoms with E-state index in [2.05, 4.69) is 336 Å². The van der Waals surface area contributed by atoms with Crippen molar-refractivity contribution in [3.8, 4) is 56.3 Å². The summed E-state index contributed by atoms with van der Waals surface area (Å²) in [5.41, 5.74) is 31.7. The standard InChI is InChI=1S/C19H26N.4C18H24N.5CH4/c1-13-8-9-16(14(2)10-13)18-11-15(3)17(12-20(18)7)19(4,5)6;2*1-13-7-9-16(14(2)11-13)17-10-8-15(12-19(17)6)18(3,4)5;2*1-13-9-7-8-10-15(13)17-11-14(2)16(12-19(17)6)18(3,4)5;;;;;/h8-12H,1-7H3;4*7-12H,1-6H3;5*1H4/q5*+1;;;;;/i2*1D3;;;;;;;;. The average Bonchev–Trinajstić information content (AvgIpc) is 0.797. The Morgan fingerprint density at radius 3 is 0.733 bits per heavy atom. The fourth-order valence-electron chi connectivity index (χ4n) is 12.8. The lowest BCUT2D eigenvalue weighted by Crippen LogP contribution is -2.34. The maximum atomic E-state index is 7.55. The van der Waals surface area contributed by atoms with Crippen molar-refractivity contribution in [3.05, 3.63) is 266 Å². The minimum absolute atomic E-state index is 0. The van der Waals surface area contributed by atoms with Crippen LogP contribution in [-0.2, 0) is 62.3 Å². The summed E-state index contributed by atoms with van der Waals surface area (Å²) < 4.78 is 56.1. The number of hydrogen-bond acceptors (Lipinski definition) is 0. The quantitative estimate of drug-likeness (QED) is 0.153. The summed E-state index contributed by atoms with van der Waals surface area (Å²) >= 11 is 0. The van der Waals surface area contributed by atoms with E-state index >= 15 is 0 Å². The number of benzene rings is 5. The van der Waals surface area contributed by atoms with Gasteiger partial charge in [-0.05, 0) is 190 Å². The van der Waals surface area contributed by atoms with Gasteiger partial charge in [-0.15, -0.1) is 0 Å². The second kappa shape index (κ2) is 36.6. The van der Waals surface area contributed by atoms with E-state index in [9.17, 15) is 0 Å². The molecule has 0 spiro atoms. The van der Waals surface area contributed by atoms with Crippen molar-refractivity contribution in [1.82, 2.24) is 0 Å². The molecule has 0 saturated carbocycles. The minimum atomic E-state index is -2.06. The first-order valence-corrected chi connectivity index (χ1v) is 34.3. The van der Waals surface area contributed by atoms with Crippen LogP contribution in [0.5, 0.6) is 0 Å². The van der Waals surface area contributed by atoms with Crippen LogP contribution in [0.3, 0.4) is 0 Å². The van der Waals surface area contributed by atoms with Gasteiger partial charge in [0.25, 0.3) is 0 Å². The first-order valence-electron chi connectivity index (χ1n) is 37.3. The van der Waals surface area contributed by atoms with E-state index in [1.165, 1.54) is 101 Å². The Morgan fingerprint density at radius 1 is 0.238 bits per heavy atom. The summed E-state index contributed by atoms with van der Waals surface area (Å²) in [4.78, 5) is 0. The molecular formula is C96H142N5+5. The molecule has 0 aliphatic rings.